The summed E-state index contributed by atoms with van der Waals surface area (Å²) in [5.41, 5.74) is 1.55. The summed E-state index contributed by atoms with van der Waals surface area (Å²) in [5.74, 6) is 0.237. The molecule has 2 aliphatic rings. The molecule has 0 fully saturated rings. The molecule has 0 saturated carbocycles. The van der Waals surface area contributed by atoms with Gasteiger partial charge in [0.25, 0.3) is 5.91 Å². The number of amides is 1. The number of ether oxygens (including phenoxy) is 3. The van der Waals surface area contributed by atoms with Gasteiger partial charge in [-0.15, -0.1) is 0 Å². The SMILES string of the molecule is CCCCCCc1ccc(OCCOc2ccc(/C=C3\C(=N)N4N=C(C(F)(F)F)SC4=NC3=O)cc2OC)cc1. The number of rotatable bonds is 12. The van der Waals surface area contributed by atoms with Crippen LogP contribution in [-0.4, -0.2) is 53.5 Å². The molecule has 0 radical (unpaired) electrons. The Kier molecular flexibility index (Phi) is 9.51. The minimum Gasteiger partial charge on any atom is -0.493 e. The van der Waals surface area contributed by atoms with Gasteiger partial charge in [-0.25, -0.2) is 0 Å². The normalized spacial score (nSPS) is 16.1. The lowest BCUT2D eigenvalue weighted by Gasteiger charge is -2.20. The topological polar surface area (TPSA) is 96.6 Å². The van der Waals surface area contributed by atoms with E-state index in [9.17, 15) is 18.0 Å². The molecule has 12 heteroatoms. The zero-order valence-corrected chi connectivity index (χ0v) is 22.9. The third-order valence-electron chi connectivity index (χ3n) is 6.05. The number of nitrogens with zero attached hydrogens (tertiary/aromatic N) is 3. The van der Waals surface area contributed by atoms with Gasteiger partial charge < -0.3 is 14.2 Å². The van der Waals surface area contributed by atoms with Crippen molar-refractivity contribution in [2.24, 2.45) is 10.1 Å². The Morgan fingerprint density at radius 3 is 2.48 bits per heavy atom. The van der Waals surface area contributed by atoms with E-state index < -0.39 is 23.0 Å². The Bertz CT molecular complexity index is 1340. The zero-order valence-electron chi connectivity index (χ0n) is 22.1. The van der Waals surface area contributed by atoms with Crippen LogP contribution in [0.15, 0.2) is 58.1 Å². The van der Waals surface area contributed by atoms with Gasteiger partial charge in [0.2, 0.25) is 10.2 Å². The first kappa shape index (κ1) is 29.2. The summed E-state index contributed by atoms with van der Waals surface area (Å²) in [6, 6.07) is 12.9. The molecule has 2 aromatic rings. The summed E-state index contributed by atoms with van der Waals surface area (Å²) in [7, 11) is 1.46. The van der Waals surface area contributed by atoms with Crippen molar-refractivity contribution >= 4 is 39.8 Å². The van der Waals surface area contributed by atoms with Crippen molar-refractivity contribution in [3.05, 3.63) is 59.2 Å². The number of hydrazone groups is 1. The minimum atomic E-state index is -4.70. The van der Waals surface area contributed by atoms with Crippen molar-refractivity contribution in [2.45, 2.75) is 45.2 Å². The quantitative estimate of drug-likeness (QED) is 0.231. The van der Waals surface area contributed by atoms with Crippen LogP contribution in [-0.2, 0) is 11.2 Å². The van der Waals surface area contributed by atoms with Crippen molar-refractivity contribution in [2.75, 3.05) is 20.3 Å². The maximum Gasteiger partial charge on any atom is 0.441 e. The Hall–Kier alpha value is -3.80. The fourth-order valence-corrected chi connectivity index (χ4v) is 4.74. The third-order valence-corrected chi connectivity index (χ3v) is 7.00. The number of amidine groups is 2. The van der Waals surface area contributed by atoms with E-state index in [1.807, 2.05) is 12.1 Å². The zero-order chi connectivity index (χ0) is 28.7. The second-order valence-corrected chi connectivity index (χ2v) is 9.94. The van der Waals surface area contributed by atoms with E-state index in [1.54, 1.807) is 18.2 Å². The highest BCUT2D eigenvalue weighted by Gasteiger charge is 2.46. The van der Waals surface area contributed by atoms with Crippen LogP contribution in [0.3, 0.4) is 0 Å². The highest BCUT2D eigenvalue weighted by molar-refractivity contribution is 8.27. The average Bonchev–Trinajstić information content (AvgIpc) is 3.37. The number of hydrogen-bond acceptors (Lipinski definition) is 7. The lowest BCUT2D eigenvalue weighted by Crippen LogP contribution is -2.35. The number of thioether (sulfide) groups is 1. The molecule has 2 heterocycles. The number of unbranched alkanes of at least 4 members (excludes halogenated alkanes) is 3. The van der Waals surface area contributed by atoms with E-state index >= 15 is 0 Å². The molecule has 4 rings (SSSR count). The van der Waals surface area contributed by atoms with E-state index in [-0.39, 0.29) is 29.1 Å². The Balaban J connectivity index is 1.34. The van der Waals surface area contributed by atoms with E-state index in [0.29, 0.717) is 28.7 Å². The molecule has 0 unspecified atom stereocenters. The second kappa shape index (κ2) is 13.0. The van der Waals surface area contributed by atoms with Crippen molar-refractivity contribution in [1.82, 2.24) is 5.01 Å². The van der Waals surface area contributed by atoms with Gasteiger partial charge in [-0.3, -0.25) is 10.2 Å². The van der Waals surface area contributed by atoms with Crippen LogP contribution in [0.5, 0.6) is 17.2 Å². The lowest BCUT2D eigenvalue weighted by molar-refractivity contribution is -0.114. The largest absolute Gasteiger partial charge is 0.493 e. The van der Waals surface area contributed by atoms with Gasteiger partial charge in [0, 0.05) is 0 Å². The van der Waals surface area contributed by atoms with Crippen LogP contribution in [0.25, 0.3) is 6.08 Å². The Morgan fingerprint density at radius 1 is 1.02 bits per heavy atom. The number of carbonyl (C=O) groups is 1. The molecule has 0 aliphatic carbocycles. The number of carbonyl (C=O) groups excluding carboxylic acids is 1. The molecule has 0 atom stereocenters. The second-order valence-electron chi connectivity index (χ2n) is 8.98. The van der Waals surface area contributed by atoms with Gasteiger partial charge in [0.1, 0.15) is 19.0 Å². The molecule has 0 saturated heterocycles. The maximum atomic E-state index is 13.0. The van der Waals surface area contributed by atoms with E-state index in [4.69, 9.17) is 19.6 Å². The molecule has 0 bridgehead atoms. The number of benzene rings is 2. The van der Waals surface area contributed by atoms with Crippen LogP contribution >= 0.6 is 11.8 Å². The molecule has 0 spiro atoms. The van der Waals surface area contributed by atoms with Crippen molar-refractivity contribution in [3.8, 4) is 17.2 Å². The van der Waals surface area contributed by atoms with Crippen LogP contribution in [0.4, 0.5) is 13.2 Å². The van der Waals surface area contributed by atoms with Crippen molar-refractivity contribution in [1.29, 1.82) is 5.41 Å². The van der Waals surface area contributed by atoms with Crippen LogP contribution in [0.2, 0.25) is 0 Å². The lowest BCUT2D eigenvalue weighted by atomic mass is 10.1. The summed E-state index contributed by atoms with van der Waals surface area (Å²) < 4.78 is 56.0. The number of aliphatic imine (C=N–C) groups is 1. The predicted molar refractivity (Wildman–Crippen MR) is 149 cm³/mol. The Morgan fingerprint density at radius 2 is 1.77 bits per heavy atom. The fourth-order valence-electron chi connectivity index (χ4n) is 3.99. The fraction of sp³-hybridized carbons (Fsp3) is 0.357. The summed E-state index contributed by atoms with van der Waals surface area (Å²) in [5, 5.41) is 10.8. The summed E-state index contributed by atoms with van der Waals surface area (Å²) in [6.07, 6.45) is 2.60. The van der Waals surface area contributed by atoms with Gasteiger partial charge in [0.15, 0.2) is 17.3 Å². The summed E-state index contributed by atoms with van der Waals surface area (Å²) >= 11 is 0.203. The van der Waals surface area contributed by atoms with E-state index in [2.05, 4.69) is 29.2 Å². The van der Waals surface area contributed by atoms with E-state index in [0.717, 1.165) is 12.2 Å². The highest BCUT2D eigenvalue weighted by Crippen LogP contribution is 2.36. The molecule has 212 valence electrons. The highest BCUT2D eigenvalue weighted by atomic mass is 32.2. The third kappa shape index (κ3) is 7.23. The summed E-state index contributed by atoms with van der Waals surface area (Å²) in [6.45, 7) is 2.76. The van der Waals surface area contributed by atoms with Gasteiger partial charge in [-0.1, -0.05) is 44.4 Å². The predicted octanol–water partition coefficient (Wildman–Crippen LogP) is 6.46. The van der Waals surface area contributed by atoms with Crippen LogP contribution < -0.4 is 14.2 Å². The van der Waals surface area contributed by atoms with Gasteiger partial charge in [-0.2, -0.15) is 28.3 Å². The number of alkyl halides is 3. The number of halogens is 3. The smallest absolute Gasteiger partial charge is 0.441 e. The van der Waals surface area contributed by atoms with Gasteiger partial charge >= 0.3 is 6.18 Å². The first-order valence-electron chi connectivity index (χ1n) is 12.8. The molecule has 2 aromatic carbocycles. The van der Waals surface area contributed by atoms with Gasteiger partial charge in [-0.05, 0) is 66.1 Å². The van der Waals surface area contributed by atoms with Crippen molar-refractivity contribution < 1.29 is 32.2 Å². The van der Waals surface area contributed by atoms with E-state index in [1.165, 1.54) is 44.4 Å². The Labute approximate surface area is 234 Å². The van der Waals surface area contributed by atoms with Crippen LogP contribution in [0, 0.1) is 5.41 Å². The van der Waals surface area contributed by atoms with Gasteiger partial charge in [0.05, 0.1) is 12.7 Å². The molecular weight excluding hydrogens is 545 g/mol. The molecular formula is C28H29F3N4O4S. The van der Waals surface area contributed by atoms with Crippen LogP contribution in [0.1, 0.15) is 43.7 Å². The first-order valence-corrected chi connectivity index (χ1v) is 13.6. The standard InChI is InChI=1S/C28H29F3N4O4S/c1-3-4-5-6-7-18-8-11-20(12-9-18)38-14-15-39-22-13-10-19(17-23(22)37-2)16-21-24(32)35-27(33-25(21)36)40-26(34-35)28(29,30)31/h8-13,16-17,32H,3-7,14-15H2,1-2H3/b21-16+,32-24?. The minimum absolute atomic E-state index is 0.201. The molecule has 0 aromatic heterocycles. The maximum absolute atomic E-state index is 13.0. The molecule has 8 nitrogen and oxygen atoms in total. The molecule has 1 amide bonds. The molecule has 40 heavy (non-hydrogen) atoms. The number of aryl methyl sites for hydroxylation is 1. The average molecular weight is 575 g/mol. The number of fused-ring (bicyclic) bond motifs is 1. The molecule has 1 N–H and O–H groups in total. The monoisotopic (exact) mass is 574 g/mol. The number of hydrogen-bond donors (Lipinski definition) is 1. The number of methoxy groups -OCH3 is 1. The van der Waals surface area contributed by atoms with Crippen molar-refractivity contribution in [3.63, 3.8) is 0 Å². The number of nitrogens with one attached hydrogen (secondary N) is 1. The first-order chi connectivity index (χ1) is 19.2. The molecule has 2 aliphatic heterocycles. The summed E-state index contributed by atoms with van der Waals surface area (Å²) in [4.78, 5) is 16.1.